The van der Waals surface area contributed by atoms with Gasteiger partial charge in [0.05, 0.1) is 5.39 Å². The molecule has 0 atom stereocenters. The summed E-state index contributed by atoms with van der Waals surface area (Å²) in [5, 5.41) is 14.1. The first kappa shape index (κ1) is 14.7. The topological polar surface area (TPSA) is 89.8 Å². The van der Waals surface area contributed by atoms with E-state index in [0.717, 1.165) is 0 Å². The number of fused-ring (bicyclic) bond motifs is 1. The Labute approximate surface area is 121 Å². The maximum absolute atomic E-state index is 13.4. The fraction of sp³-hybridized carbons (Fsp3) is 0.214. The second kappa shape index (κ2) is 5.74. The van der Waals surface area contributed by atoms with Crippen molar-refractivity contribution in [3.05, 3.63) is 30.3 Å². The number of anilines is 1. The van der Waals surface area contributed by atoms with Crippen molar-refractivity contribution in [2.45, 2.75) is 13.8 Å². The first-order valence-electron chi connectivity index (χ1n) is 6.50. The Morgan fingerprint density at radius 3 is 2.62 bits per heavy atom. The van der Waals surface area contributed by atoms with Crippen LogP contribution in [0.4, 0.5) is 10.2 Å². The predicted molar refractivity (Wildman–Crippen MR) is 79.1 cm³/mol. The van der Waals surface area contributed by atoms with Gasteiger partial charge in [-0.3, -0.25) is 0 Å². The molecule has 1 aromatic carbocycles. The minimum Gasteiger partial charge on any atom is -0.505 e. The number of nitrogens with two attached hydrogens (primary N) is 1. The number of hydrogen-bond acceptors (Lipinski definition) is 5. The summed E-state index contributed by atoms with van der Waals surface area (Å²) in [6.07, 6.45) is 1.35. The first-order valence-corrected chi connectivity index (χ1v) is 6.50. The van der Waals surface area contributed by atoms with Crippen LogP contribution in [0.3, 0.4) is 0 Å². The second-order valence-corrected chi connectivity index (χ2v) is 4.10. The molecule has 0 radical (unpaired) electrons. The lowest BCUT2D eigenvalue weighted by Gasteiger charge is -2.01. The van der Waals surface area contributed by atoms with E-state index in [4.69, 9.17) is 5.73 Å². The van der Waals surface area contributed by atoms with E-state index in [-0.39, 0.29) is 5.82 Å². The van der Waals surface area contributed by atoms with Gasteiger partial charge in [0.25, 0.3) is 0 Å². The largest absolute Gasteiger partial charge is 0.505 e. The van der Waals surface area contributed by atoms with Crippen LogP contribution in [0.2, 0.25) is 0 Å². The highest BCUT2D eigenvalue weighted by Crippen LogP contribution is 2.31. The Bertz CT molecular complexity index is 784. The van der Waals surface area contributed by atoms with Crippen LogP contribution in [0, 0.1) is 5.82 Å². The van der Waals surface area contributed by atoms with Gasteiger partial charge in [0.1, 0.15) is 17.8 Å². The van der Waals surface area contributed by atoms with Gasteiger partial charge in [-0.15, -0.1) is 0 Å². The summed E-state index contributed by atoms with van der Waals surface area (Å²) >= 11 is 0. The molecule has 0 aliphatic carbocycles. The number of phenolic OH excluding ortho intramolecular Hbond substituents is 1. The van der Waals surface area contributed by atoms with Crippen molar-refractivity contribution in [2.75, 3.05) is 5.73 Å². The Hall–Kier alpha value is -2.70. The van der Waals surface area contributed by atoms with E-state index >= 15 is 0 Å². The molecule has 0 spiro atoms. The van der Waals surface area contributed by atoms with Crippen molar-refractivity contribution >= 4 is 16.9 Å². The highest BCUT2D eigenvalue weighted by atomic mass is 19.1. The highest BCUT2D eigenvalue weighted by molar-refractivity contribution is 5.98. The average molecular weight is 289 g/mol. The van der Waals surface area contributed by atoms with Gasteiger partial charge in [-0.2, -0.15) is 5.10 Å². The monoisotopic (exact) mass is 289 g/mol. The zero-order valence-electron chi connectivity index (χ0n) is 12.0. The minimum absolute atomic E-state index is 0.279. The maximum atomic E-state index is 13.4. The quantitative estimate of drug-likeness (QED) is 0.718. The van der Waals surface area contributed by atoms with Crippen molar-refractivity contribution in [2.24, 2.45) is 7.05 Å². The standard InChI is InChI=1S/C12H10FN5O.C2H6/c1-18-12-9(11(14)15-5-16-12)10(17-18)6-2-3-8(19)7(13)4-6;1-2/h2-5,19H,1H3,(H2,14,15,16);1-2H3. The number of rotatable bonds is 1. The Balaban J connectivity index is 0.000000774. The third kappa shape index (κ3) is 2.49. The van der Waals surface area contributed by atoms with E-state index < -0.39 is 11.6 Å². The normalized spacial score (nSPS) is 10.3. The fourth-order valence-electron chi connectivity index (χ4n) is 1.97. The molecule has 0 fully saturated rings. The molecule has 2 aromatic heterocycles. The Kier molecular flexibility index (Phi) is 4.02. The van der Waals surface area contributed by atoms with E-state index in [1.165, 1.54) is 18.5 Å². The maximum Gasteiger partial charge on any atom is 0.165 e. The molecular weight excluding hydrogens is 273 g/mol. The van der Waals surface area contributed by atoms with Gasteiger partial charge < -0.3 is 10.8 Å². The van der Waals surface area contributed by atoms with Crippen LogP contribution in [0.15, 0.2) is 24.5 Å². The van der Waals surface area contributed by atoms with Crippen molar-refractivity contribution in [1.82, 2.24) is 19.7 Å². The second-order valence-electron chi connectivity index (χ2n) is 4.10. The third-order valence-electron chi connectivity index (χ3n) is 2.87. The SMILES string of the molecule is CC.Cn1nc(-c2ccc(O)c(F)c2)c2c(N)ncnc21. The van der Waals surface area contributed by atoms with E-state index in [1.54, 1.807) is 17.8 Å². The van der Waals surface area contributed by atoms with Crippen LogP contribution in [-0.2, 0) is 7.05 Å². The third-order valence-corrected chi connectivity index (χ3v) is 2.87. The van der Waals surface area contributed by atoms with E-state index in [0.29, 0.717) is 22.3 Å². The molecule has 0 aliphatic heterocycles. The Morgan fingerprint density at radius 1 is 1.24 bits per heavy atom. The molecule has 3 rings (SSSR count). The summed E-state index contributed by atoms with van der Waals surface area (Å²) in [6, 6.07) is 4.03. The van der Waals surface area contributed by atoms with Crippen LogP contribution in [-0.4, -0.2) is 24.9 Å². The zero-order chi connectivity index (χ0) is 15.6. The minimum atomic E-state index is -0.716. The molecule has 6 nitrogen and oxygen atoms in total. The molecule has 0 saturated carbocycles. The number of halogens is 1. The summed E-state index contributed by atoms with van der Waals surface area (Å²) < 4.78 is 15.0. The summed E-state index contributed by atoms with van der Waals surface area (Å²) in [5.74, 6) is -0.846. The molecule has 3 N–H and O–H groups in total. The van der Waals surface area contributed by atoms with Crippen LogP contribution < -0.4 is 5.73 Å². The van der Waals surface area contributed by atoms with Crippen LogP contribution in [0.5, 0.6) is 5.75 Å². The number of aryl methyl sites for hydroxylation is 1. The molecule has 0 aliphatic rings. The lowest BCUT2D eigenvalue weighted by molar-refractivity contribution is 0.432. The summed E-state index contributed by atoms with van der Waals surface area (Å²) in [4.78, 5) is 8.01. The number of aromatic hydroxyl groups is 1. The van der Waals surface area contributed by atoms with Gasteiger partial charge in [-0.05, 0) is 18.2 Å². The fourth-order valence-corrected chi connectivity index (χ4v) is 1.97. The molecule has 0 unspecified atom stereocenters. The van der Waals surface area contributed by atoms with Gasteiger partial charge in [-0.25, -0.2) is 19.0 Å². The van der Waals surface area contributed by atoms with Gasteiger partial charge in [-0.1, -0.05) is 13.8 Å². The summed E-state index contributed by atoms with van der Waals surface area (Å²) in [7, 11) is 1.72. The van der Waals surface area contributed by atoms with Gasteiger partial charge >= 0.3 is 0 Å². The van der Waals surface area contributed by atoms with Gasteiger partial charge in [0.15, 0.2) is 17.2 Å². The van der Waals surface area contributed by atoms with Crippen LogP contribution in [0.1, 0.15) is 13.8 Å². The lowest BCUT2D eigenvalue weighted by atomic mass is 10.1. The average Bonchev–Trinajstić information content (AvgIpc) is 2.83. The van der Waals surface area contributed by atoms with Gasteiger partial charge in [0, 0.05) is 12.6 Å². The molecule has 110 valence electrons. The lowest BCUT2D eigenvalue weighted by Crippen LogP contribution is -1.95. The molecule has 0 bridgehead atoms. The zero-order valence-corrected chi connectivity index (χ0v) is 12.0. The summed E-state index contributed by atoms with van der Waals surface area (Å²) in [5.41, 5.74) is 7.38. The molecule has 0 saturated heterocycles. The summed E-state index contributed by atoms with van der Waals surface area (Å²) in [6.45, 7) is 4.00. The first-order chi connectivity index (χ1) is 10.1. The van der Waals surface area contributed by atoms with E-state index in [2.05, 4.69) is 15.1 Å². The number of benzene rings is 1. The van der Waals surface area contributed by atoms with E-state index in [9.17, 15) is 9.50 Å². The van der Waals surface area contributed by atoms with Crippen molar-refractivity contribution < 1.29 is 9.50 Å². The smallest absolute Gasteiger partial charge is 0.165 e. The molecule has 2 heterocycles. The van der Waals surface area contributed by atoms with Crippen molar-refractivity contribution in [3.63, 3.8) is 0 Å². The molecule has 3 aromatic rings. The molecular formula is C14H16FN5O. The highest BCUT2D eigenvalue weighted by Gasteiger charge is 2.16. The number of nitrogens with zero attached hydrogens (tertiary/aromatic N) is 4. The van der Waals surface area contributed by atoms with E-state index in [1.807, 2.05) is 13.8 Å². The number of nitrogen functional groups attached to an aromatic ring is 1. The van der Waals surface area contributed by atoms with Gasteiger partial charge in [0.2, 0.25) is 0 Å². The molecule has 0 amide bonds. The van der Waals surface area contributed by atoms with Crippen molar-refractivity contribution in [1.29, 1.82) is 0 Å². The number of hydrogen-bond donors (Lipinski definition) is 2. The molecule has 21 heavy (non-hydrogen) atoms. The van der Waals surface area contributed by atoms with Crippen molar-refractivity contribution in [3.8, 4) is 17.0 Å². The number of aromatic nitrogens is 4. The number of phenols is 1. The Morgan fingerprint density at radius 2 is 1.95 bits per heavy atom. The molecule has 7 heteroatoms. The van der Waals surface area contributed by atoms with Crippen LogP contribution >= 0.6 is 0 Å². The van der Waals surface area contributed by atoms with Crippen LogP contribution in [0.25, 0.3) is 22.3 Å². The predicted octanol–water partition coefficient (Wildman–Crippen LogP) is 2.48.